The van der Waals surface area contributed by atoms with Crippen molar-refractivity contribution in [3.8, 4) is 0 Å². The van der Waals surface area contributed by atoms with Crippen LogP contribution in [0, 0.1) is 0 Å². The summed E-state index contributed by atoms with van der Waals surface area (Å²) < 4.78 is 0. The lowest BCUT2D eigenvalue weighted by molar-refractivity contribution is 0.0696. The van der Waals surface area contributed by atoms with E-state index in [-0.39, 0.29) is 0 Å². The van der Waals surface area contributed by atoms with Gasteiger partial charge in [0.1, 0.15) is 0 Å². The Morgan fingerprint density at radius 1 is 1.38 bits per heavy atom. The van der Waals surface area contributed by atoms with E-state index in [0.717, 1.165) is 13.1 Å². The molecular weight excluding hydrogens is 264 g/mol. The molecule has 1 fully saturated rings. The molecular formula is C17H26N2O2. The maximum absolute atomic E-state index is 10.9. The topological polar surface area (TPSA) is 43.8 Å². The molecule has 2 unspecified atom stereocenters. The van der Waals surface area contributed by atoms with Gasteiger partial charge in [-0.3, -0.25) is 4.90 Å². The molecule has 2 atom stereocenters. The molecule has 1 aromatic carbocycles. The Labute approximate surface area is 127 Å². The minimum Gasteiger partial charge on any atom is -0.478 e. The van der Waals surface area contributed by atoms with Crippen molar-refractivity contribution in [3.63, 3.8) is 0 Å². The summed E-state index contributed by atoms with van der Waals surface area (Å²) in [6.07, 6.45) is 2.42. The summed E-state index contributed by atoms with van der Waals surface area (Å²) in [4.78, 5) is 15.8. The Morgan fingerprint density at radius 2 is 2.05 bits per heavy atom. The van der Waals surface area contributed by atoms with E-state index >= 15 is 0 Å². The summed E-state index contributed by atoms with van der Waals surface area (Å²) in [6, 6.07) is 8.48. The third kappa shape index (κ3) is 4.05. The van der Waals surface area contributed by atoms with Crippen LogP contribution in [-0.2, 0) is 6.54 Å². The van der Waals surface area contributed by atoms with Gasteiger partial charge in [0.15, 0.2) is 0 Å². The number of rotatable bonds is 5. The fraction of sp³-hybridized carbons (Fsp3) is 0.588. The molecule has 4 heteroatoms. The summed E-state index contributed by atoms with van der Waals surface area (Å²) in [5.41, 5.74) is 1.53. The van der Waals surface area contributed by atoms with Crippen LogP contribution in [0.5, 0.6) is 0 Å². The second kappa shape index (κ2) is 7.05. The number of carbonyl (C=O) groups is 1. The second-order valence-corrected chi connectivity index (χ2v) is 6.07. The summed E-state index contributed by atoms with van der Waals surface area (Å²) in [5.74, 6) is -0.865. The van der Waals surface area contributed by atoms with Crippen LogP contribution in [0.2, 0.25) is 0 Å². The number of nitrogens with zero attached hydrogens (tertiary/aromatic N) is 2. The summed E-state index contributed by atoms with van der Waals surface area (Å²) in [6.45, 7) is 7.72. The molecule has 1 saturated heterocycles. The van der Waals surface area contributed by atoms with Crippen molar-refractivity contribution in [1.82, 2.24) is 9.80 Å². The maximum Gasteiger partial charge on any atom is 0.335 e. The molecule has 0 aliphatic carbocycles. The van der Waals surface area contributed by atoms with Crippen LogP contribution < -0.4 is 0 Å². The molecule has 2 rings (SSSR count). The molecule has 1 aliphatic rings. The highest BCUT2D eigenvalue weighted by atomic mass is 16.4. The third-order valence-corrected chi connectivity index (χ3v) is 4.65. The molecule has 0 spiro atoms. The minimum atomic E-state index is -0.865. The molecule has 1 heterocycles. The molecule has 4 nitrogen and oxygen atoms in total. The Kier molecular flexibility index (Phi) is 5.37. The number of hydrogen-bond acceptors (Lipinski definition) is 3. The Morgan fingerprint density at radius 3 is 2.57 bits per heavy atom. The van der Waals surface area contributed by atoms with E-state index in [0.29, 0.717) is 17.6 Å². The molecule has 0 amide bonds. The predicted octanol–water partition coefficient (Wildman–Crippen LogP) is 2.69. The number of hydrogen-bond donors (Lipinski definition) is 1. The number of aromatic carboxylic acids is 1. The minimum absolute atomic E-state index is 0.353. The van der Waals surface area contributed by atoms with Gasteiger partial charge in [-0.05, 0) is 57.6 Å². The van der Waals surface area contributed by atoms with Crippen molar-refractivity contribution in [1.29, 1.82) is 0 Å². The van der Waals surface area contributed by atoms with Gasteiger partial charge in [0, 0.05) is 18.6 Å². The molecule has 0 saturated carbocycles. The quantitative estimate of drug-likeness (QED) is 0.905. The average Bonchev–Trinajstić information content (AvgIpc) is 2.47. The van der Waals surface area contributed by atoms with Gasteiger partial charge in [-0.1, -0.05) is 19.1 Å². The molecule has 116 valence electrons. The van der Waals surface area contributed by atoms with Gasteiger partial charge in [-0.2, -0.15) is 0 Å². The van der Waals surface area contributed by atoms with Gasteiger partial charge in [-0.25, -0.2) is 4.79 Å². The number of carboxylic acid groups (broad SMARTS) is 1. The largest absolute Gasteiger partial charge is 0.478 e. The first-order chi connectivity index (χ1) is 10.0. The van der Waals surface area contributed by atoms with Gasteiger partial charge >= 0.3 is 5.97 Å². The summed E-state index contributed by atoms with van der Waals surface area (Å²) >= 11 is 0. The first-order valence-corrected chi connectivity index (χ1v) is 7.77. The van der Waals surface area contributed by atoms with E-state index in [2.05, 4.69) is 30.7 Å². The first kappa shape index (κ1) is 16.0. The number of benzene rings is 1. The number of piperidine rings is 1. The molecule has 1 aromatic rings. The Balaban J connectivity index is 1.92. The molecule has 0 radical (unpaired) electrons. The van der Waals surface area contributed by atoms with Crippen LogP contribution in [0.15, 0.2) is 24.3 Å². The lowest BCUT2D eigenvalue weighted by Crippen LogP contribution is -2.47. The van der Waals surface area contributed by atoms with Crippen LogP contribution in [0.25, 0.3) is 0 Å². The Bertz CT molecular complexity index is 472. The summed E-state index contributed by atoms with van der Waals surface area (Å²) in [7, 11) is 2.17. The van der Waals surface area contributed by atoms with Crippen molar-refractivity contribution in [3.05, 3.63) is 35.4 Å². The third-order valence-electron chi connectivity index (χ3n) is 4.65. The van der Waals surface area contributed by atoms with Crippen molar-refractivity contribution in [2.24, 2.45) is 0 Å². The van der Waals surface area contributed by atoms with E-state index < -0.39 is 5.97 Å². The first-order valence-electron chi connectivity index (χ1n) is 7.77. The Hall–Kier alpha value is -1.39. The fourth-order valence-electron chi connectivity index (χ4n) is 3.24. The van der Waals surface area contributed by atoms with E-state index in [1.807, 2.05) is 12.1 Å². The van der Waals surface area contributed by atoms with Crippen molar-refractivity contribution < 1.29 is 9.90 Å². The van der Waals surface area contributed by atoms with E-state index in [1.165, 1.54) is 24.9 Å². The predicted molar refractivity (Wildman–Crippen MR) is 84.6 cm³/mol. The molecule has 0 aromatic heterocycles. The van der Waals surface area contributed by atoms with Gasteiger partial charge in [-0.15, -0.1) is 0 Å². The van der Waals surface area contributed by atoms with Gasteiger partial charge in [0.05, 0.1) is 5.56 Å². The summed E-state index contributed by atoms with van der Waals surface area (Å²) in [5, 5.41) is 8.92. The van der Waals surface area contributed by atoms with E-state index in [4.69, 9.17) is 5.11 Å². The van der Waals surface area contributed by atoms with Gasteiger partial charge < -0.3 is 10.0 Å². The zero-order valence-electron chi connectivity index (χ0n) is 13.2. The number of carboxylic acids is 1. The highest BCUT2D eigenvalue weighted by Crippen LogP contribution is 2.22. The van der Waals surface area contributed by atoms with Crippen LogP contribution in [0.4, 0.5) is 0 Å². The van der Waals surface area contributed by atoms with Gasteiger partial charge in [0.25, 0.3) is 0 Å². The van der Waals surface area contributed by atoms with E-state index in [9.17, 15) is 4.79 Å². The fourth-order valence-corrected chi connectivity index (χ4v) is 3.24. The van der Waals surface area contributed by atoms with Crippen molar-refractivity contribution in [2.75, 3.05) is 20.1 Å². The SMILES string of the molecule is CCN1CCC(N(C)Cc2ccc(C(=O)O)cc2)CC1C. The smallest absolute Gasteiger partial charge is 0.335 e. The maximum atomic E-state index is 10.9. The molecule has 1 aliphatic heterocycles. The molecule has 1 N–H and O–H groups in total. The van der Waals surface area contributed by atoms with Crippen LogP contribution in [0.1, 0.15) is 42.6 Å². The zero-order valence-corrected chi connectivity index (χ0v) is 13.2. The lowest BCUT2D eigenvalue weighted by Gasteiger charge is -2.40. The van der Waals surface area contributed by atoms with Crippen LogP contribution in [-0.4, -0.2) is 53.1 Å². The van der Waals surface area contributed by atoms with Crippen LogP contribution >= 0.6 is 0 Å². The highest BCUT2D eigenvalue weighted by molar-refractivity contribution is 5.87. The highest BCUT2D eigenvalue weighted by Gasteiger charge is 2.26. The second-order valence-electron chi connectivity index (χ2n) is 6.07. The average molecular weight is 290 g/mol. The van der Waals surface area contributed by atoms with Crippen molar-refractivity contribution in [2.45, 2.75) is 45.3 Å². The van der Waals surface area contributed by atoms with E-state index in [1.54, 1.807) is 12.1 Å². The molecule has 21 heavy (non-hydrogen) atoms. The normalized spacial score (nSPS) is 23.4. The van der Waals surface area contributed by atoms with Gasteiger partial charge in [0.2, 0.25) is 0 Å². The number of likely N-dealkylation sites (tertiary alicyclic amines) is 1. The monoisotopic (exact) mass is 290 g/mol. The standard InChI is InChI=1S/C17H26N2O2/c1-4-19-10-9-16(11-13(19)2)18(3)12-14-5-7-15(8-6-14)17(20)21/h5-8,13,16H,4,9-12H2,1-3H3,(H,20,21). The lowest BCUT2D eigenvalue weighted by atomic mass is 9.96. The van der Waals surface area contributed by atoms with Crippen molar-refractivity contribution >= 4 is 5.97 Å². The van der Waals surface area contributed by atoms with Crippen LogP contribution in [0.3, 0.4) is 0 Å². The zero-order chi connectivity index (χ0) is 15.4. The molecule has 0 bridgehead atoms.